The van der Waals surface area contributed by atoms with Crippen molar-refractivity contribution in [3.8, 4) is 5.75 Å². The zero-order valence-electron chi connectivity index (χ0n) is 21.3. The number of benzene rings is 2. The number of ether oxygens (including phenoxy) is 2. The number of carbonyl (C=O) groups is 1. The number of nitrogens with zero attached hydrogens (tertiary/aromatic N) is 3. The second-order valence-electron chi connectivity index (χ2n) is 9.72. The first-order chi connectivity index (χ1) is 17.9. The Labute approximate surface area is 222 Å². The van der Waals surface area contributed by atoms with Gasteiger partial charge in [0.1, 0.15) is 11.3 Å². The van der Waals surface area contributed by atoms with E-state index in [-0.39, 0.29) is 16.9 Å². The molecular formula is C27H33N3O5S2. The number of amides is 1. The summed E-state index contributed by atoms with van der Waals surface area (Å²) >= 11 is 1.43. The van der Waals surface area contributed by atoms with E-state index in [2.05, 4.69) is 6.92 Å². The van der Waals surface area contributed by atoms with Crippen molar-refractivity contribution in [3.05, 3.63) is 48.0 Å². The molecule has 0 spiro atoms. The highest BCUT2D eigenvalue weighted by Gasteiger charge is 2.30. The molecule has 5 rings (SSSR count). The normalized spacial score (nSPS) is 20.8. The molecule has 3 heterocycles. The molecule has 3 aromatic rings. The van der Waals surface area contributed by atoms with E-state index in [1.807, 2.05) is 25.1 Å². The molecule has 0 saturated carbocycles. The monoisotopic (exact) mass is 543 g/mol. The minimum Gasteiger partial charge on any atom is -0.492 e. The lowest BCUT2D eigenvalue weighted by Gasteiger charge is -2.30. The number of piperidine rings is 1. The van der Waals surface area contributed by atoms with E-state index in [0.29, 0.717) is 55.2 Å². The second-order valence-corrected chi connectivity index (χ2v) is 12.7. The van der Waals surface area contributed by atoms with Gasteiger partial charge in [-0.05, 0) is 74.9 Å². The highest BCUT2D eigenvalue weighted by atomic mass is 32.2. The third-order valence-electron chi connectivity index (χ3n) is 6.92. The van der Waals surface area contributed by atoms with Crippen molar-refractivity contribution in [2.24, 2.45) is 5.92 Å². The van der Waals surface area contributed by atoms with E-state index in [4.69, 9.17) is 14.5 Å². The van der Waals surface area contributed by atoms with Crippen LogP contribution in [0.2, 0.25) is 0 Å². The standard InChI is InChI=1S/C27H33N3O5S2/c1-3-34-23-9-4-10-24-25(23)28-27(36-24)30(18-21-8-6-16-35-21)26(31)20-11-13-22(14-12-20)37(32,33)29-15-5-7-19(2)17-29/h4,9-14,19,21H,3,5-8,15-18H2,1-2H3. The van der Waals surface area contributed by atoms with Gasteiger partial charge in [-0.15, -0.1) is 0 Å². The fourth-order valence-electron chi connectivity index (χ4n) is 4.98. The Balaban J connectivity index is 1.44. The molecule has 2 unspecified atom stereocenters. The quantitative estimate of drug-likeness (QED) is 0.400. The summed E-state index contributed by atoms with van der Waals surface area (Å²) in [6, 6.07) is 12.0. The van der Waals surface area contributed by atoms with Crippen molar-refractivity contribution in [2.75, 3.05) is 37.7 Å². The first-order valence-corrected chi connectivity index (χ1v) is 15.2. The smallest absolute Gasteiger partial charge is 0.260 e. The van der Waals surface area contributed by atoms with Crippen LogP contribution < -0.4 is 9.64 Å². The summed E-state index contributed by atoms with van der Waals surface area (Å²) in [6.07, 6.45) is 3.68. The molecule has 2 aliphatic rings. The summed E-state index contributed by atoms with van der Waals surface area (Å²) in [6.45, 7) is 6.65. The number of fused-ring (bicyclic) bond motifs is 1. The van der Waals surface area contributed by atoms with Crippen molar-refractivity contribution < 1.29 is 22.7 Å². The van der Waals surface area contributed by atoms with E-state index in [1.54, 1.807) is 21.3 Å². The number of hydrogen-bond acceptors (Lipinski definition) is 7. The number of thiazole rings is 1. The maximum atomic E-state index is 13.8. The summed E-state index contributed by atoms with van der Waals surface area (Å²) in [7, 11) is -3.59. The number of sulfonamides is 1. The Morgan fingerprint density at radius 2 is 2.00 bits per heavy atom. The fraction of sp³-hybridized carbons (Fsp3) is 0.481. The molecule has 2 aliphatic heterocycles. The lowest BCUT2D eigenvalue weighted by atomic mass is 10.0. The van der Waals surface area contributed by atoms with Gasteiger partial charge in [-0.25, -0.2) is 13.4 Å². The average Bonchev–Trinajstić information content (AvgIpc) is 3.57. The van der Waals surface area contributed by atoms with Crippen LogP contribution in [0.5, 0.6) is 5.75 Å². The van der Waals surface area contributed by atoms with Crippen LogP contribution in [0.3, 0.4) is 0 Å². The van der Waals surface area contributed by atoms with E-state index in [0.717, 1.165) is 35.9 Å². The summed E-state index contributed by atoms with van der Waals surface area (Å²) in [5.41, 5.74) is 1.14. The van der Waals surface area contributed by atoms with Gasteiger partial charge in [0.15, 0.2) is 5.13 Å². The lowest BCUT2D eigenvalue weighted by molar-refractivity contribution is 0.0917. The minimum atomic E-state index is -3.59. The Morgan fingerprint density at radius 3 is 2.70 bits per heavy atom. The minimum absolute atomic E-state index is 0.0666. The van der Waals surface area contributed by atoms with Crippen molar-refractivity contribution >= 4 is 42.6 Å². The van der Waals surface area contributed by atoms with E-state index in [9.17, 15) is 13.2 Å². The van der Waals surface area contributed by atoms with Crippen LogP contribution in [0.1, 0.15) is 49.9 Å². The highest BCUT2D eigenvalue weighted by Crippen LogP contribution is 2.35. The second kappa shape index (κ2) is 11.1. The van der Waals surface area contributed by atoms with Gasteiger partial charge in [-0.3, -0.25) is 9.69 Å². The van der Waals surface area contributed by atoms with Gasteiger partial charge >= 0.3 is 0 Å². The average molecular weight is 544 g/mol. The van der Waals surface area contributed by atoms with Crippen LogP contribution in [0, 0.1) is 5.92 Å². The molecule has 2 saturated heterocycles. The molecule has 0 aliphatic carbocycles. The summed E-state index contributed by atoms with van der Waals surface area (Å²) in [5.74, 6) is 0.796. The van der Waals surface area contributed by atoms with Crippen molar-refractivity contribution in [3.63, 3.8) is 0 Å². The molecule has 2 atom stereocenters. The third kappa shape index (κ3) is 5.52. The summed E-state index contributed by atoms with van der Waals surface area (Å²) in [4.78, 5) is 20.4. The zero-order valence-corrected chi connectivity index (χ0v) is 22.9. The number of para-hydroxylation sites is 1. The van der Waals surface area contributed by atoms with Crippen LogP contribution in [0.4, 0.5) is 5.13 Å². The molecule has 198 valence electrons. The third-order valence-corrected chi connectivity index (χ3v) is 9.84. The van der Waals surface area contributed by atoms with Crippen LogP contribution in [0.25, 0.3) is 10.2 Å². The molecule has 2 aromatic carbocycles. The Morgan fingerprint density at radius 1 is 1.19 bits per heavy atom. The first kappa shape index (κ1) is 26.1. The Kier molecular flexibility index (Phi) is 7.80. The van der Waals surface area contributed by atoms with Gasteiger partial charge in [0.05, 0.1) is 28.9 Å². The molecule has 1 aromatic heterocycles. The summed E-state index contributed by atoms with van der Waals surface area (Å²) in [5, 5.41) is 0.571. The molecule has 0 N–H and O–H groups in total. The lowest BCUT2D eigenvalue weighted by Crippen LogP contribution is -2.39. The molecule has 0 bridgehead atoms. The number of anilines is 1. The molecule has 37 heavy (non-hydrogen) atoms. The molecular weight excluding hydrogens is 510 g/mol. The molecule has 2 fully saturated rings. The van der Waals surface area contributed by atoms with Crippen LogP contribution >= 0.6 is 11.3 Å². The van der Waals surface area contributed by atoms with Gasteiger partial charge < -0.3 is 9.47 Å². The Bertz CT molecular complexity index is 1350. The highest BCUT2D eigenvalue weighted by molar-refractivity contribution is 7.89. The Hall–Kier alpha value is -2.53. The van der Waals surface area contributed by atoms with E-state index >= 15 is 0 Å². The van der Waals surface area contributed by atoms with Crippen LogP contribution in [0.15, 0.2) is 47.4 Å². The number of hydrogen-bond donors (Lipinski definition) is 0. The number of rotatable bonds is 8. The maximum absolute atomic E-state index is 13.8. The largest absolute Gasteiger partial charge is 0.492 e. The van der Waals surface area contributed by atoms with E-state index < -0.39 is 10.0 Å². The van der Waals surface area contributed by atoms with Crippen LogP contribution in [-0.2, 0) is 14.8 Å². The van der Waals surface area contributed by atoms with Gasteiger partial charge in [0.25, 0.3) is 5.91 Å². The maximum Gasteiger partial charge on any atom is 0.260 e. The van der Waals surface area contributed by atoms with Gasteiger partial charge in [-0.2, -0.15) is 4.31 Å². The fourth-order valence-corrected chi connectivity index (χ4v) is 7.57. The topological polar surface area (TPSA) is 89.0 Å². The first-order valence-electron chi connectivity index (χ1n) is 12.9. The predicted octanol–water partition coefficient (Wildman–Crippen LogP) is 4.94. The summed E-state index contributed by atoms with van der Waals surface area (Å²) < 4.78 is 40.4. The van der Waals surface area contributed by atoms with E-state index in [1.165, 1.54) is 23.5 Å². The zero-order chi connectivity index (χ0) is 26.0. The van der Waals surface area contributed by atoms with Gasteiger partial charge in [0, 0.05) is 25.3 Å². The van der Waals surface area contributed by atoms with Gasteiger partial charge in [0.2, 0.25) is 10.0 Å². The molecule has 8 nitrogen and oxygen atoms in total. The SMILES string of the molecule is CCOc1cccc2sc(N(CC3CCCO3)C(=O)c3ccc(S(=O)(=O)N4CCCC(C)C4)cc3)nc12. The molecule has 0 radical (unpaired) electrons. The van der Waals surface area contributed by atoms with Crippen molar-refractivity contribution in [1.29, 1.82) is 0 Å². The predicted molar refractivity (Wildman–Crippen MR) is 145 cm³/mol. The molecule has 10 heteroatoms. The van der Waals surface area contributed by atoms with Crippen LogP contribution in [-0.4, -0.2) is 62.6 Å². The number of aromatic nitrogens is 1. The van der Waals surface area contributed by atoms with Crippen molar-refractivity contribution in [2.45, 2.75) is 50.5 Å². The van der Waals surface area contributed by atoms with Crippen molar-refractivity contribution in [1.82, 2.24) is 9.29 Å². The number of carbonyl (C=O) groups excluding carboxylic acids is 1. The van der Waals surface area contributed by atoms with Gasteiger partial charge in [-0.1, -0.05) is 24.3 Å². The molecule has 1 amide bonds.